The minimum Gasteiger partial charge on any atom is -0.323 e. The Bertz CT molecular complexity index is 808. The average Bonchev–Trinajstić information content (AvgIpc) is 2.96. The normalized spacial score (nSPS) is 11.2. The van der Waals surface area contributed by atoms with Crippen molar-refractivity contribution in [3.05, 3.63) is 38.0 Å². The van der Waals surface area contributed by atoms with Crippen LogP contribution in [0.3, 0.4) is 0 Å². The number of hydrogen-bond acceptors (Lipinski definition) is 4. The summed E-state index contributed by atoms with van der Waals surface area (Å²) >= 11 is 8.36. The predicted octanol–water partition coefficient (Wildman–Crippen LogP) is 3.87. The Kier molecular flexibility index (Phi) is 2.93. The summed E-state index contributed by atoms with van der Waals surface area (Å²) in [6.07, 6.45) is 0. The summed E-state index contributed by atoms with van der Waals surface area (Å²) in [5.41, 5.74) is 1.00. The summed E-state index contributed by atoms with van der Waals surface area (Å²) < 4.78 is 2.09. The fraction of sp³-hybridized carbons (Fsp3) is 0.167. The molecule has 3 nitrogen and oxygen atoms in total. The lowest BCUT2D eigenvalue weighted by molar-refractivity contribution is 0.706. The Balaban J connectivity index is 2.44. The van der Waals surface area contributed by atoms with Gasteiger partial charge in [-0.15, -0.1) is 22.7 Å². The van der Waals surface area contributed by atoms with Crippen molar-refractivity contribution < 1.29 is 0 Å². The minimum absolute atomic E-state index is 0.000833. The van der Waals surface area contributed by atoms with Gasteiger partial charge in [-0.2, -0.15) is 0 Å². The second-order valence-electron chi connectivity index (χ2n) is 3.81. The number of rotatable bonds is 2. The quantitative estimate of drug-likeness (QED) is 0.729. The molecule has 0 bridgehead atoms. The second-order valence-corrected chi connectivity index (χ2v) is 6.02. The molecule has 3 heterocycles. The molecule has 3 rings (SSSR count). The van der Waals surface area contributed by atoms with Gasteiger partial charge in [0.2, 0.25) is 0 Å². The van der Waals surface area contributed by atoms with Gasteiger partial charge in [0.25, 0.3) is 5.56 Å². The molecule has 0 saturated carbocycles. The molecular formula is C12H10N2OS3. The number of nitrogens with zero attached hydrogens (tertiary/aromatic N) is 1. The highest BCUT2D eigenvalue weighted by Gasteiger charge is 2.13. The third-order valence-electron chi connectivity index (χ3n) is 2.82. The van der Waals surface area contributed by atoms with Crippen molar-refractivity contribution in [3.8, 4) is 10.4 Å². The number of aromatic nitrogens is 2. The molecule has 3 aromatic heterocycles. The molecule has 3 aromatic rings. The zero-order valence-corrected chi connectivity index (χ0v) is 12.0. The maximum Gasteiger partial charge on any atom is 0.263 e. The van der Waals surface area contributed by atoms with Crippen LogP contribution in [0, 0.1) is 4.77 Å². The Hall–Kier alpha value is -1.24. The molecule has 0 saturated heterocycles. The Morgan fingerprint density at radius 2 is 2.28 bits per heavy atom. The van der Waals surface area contributed by atoms with Crippen molar-refractivity contribution >= 4 is 45.1 Å². The average molecular weight is 294 g/mol. The van der Waals surface area contributed by atoms with Crippen LogP contribution in [-0.4, -0.2) is 9.55 Å². The topological polar surface area (TPSA) is 37.8 Å². The van der Waals surface area contributed by atoms with Gasteiger partial charge in [0, 0.05) is 22.4 Å². The van der Waals surface area contributed by atoms with Crippen LogP contribution >= 0.6 is 34.9 Å². The van der Waals surface area contributed by atoms with Crippen LogP contribution in [0.2, 0.25) is 0 Å². The molecule has 92 valence electrons. The summed E-state index contributed by atoms with van der Waals surface area (Å²) in [6, 6.07) is 4.02. The van der Waals surface area contributed by atoms with E-state index in [0.717, 1.165) is 20.7 Å². The third kappa shape index (κ3) is 1.68. The number of thiophene rings is 2. The number of aromatic amines is 1. The molecule has 0 aliphatic rings. The fourth-order valence-corrected chi connectivity index (χ4v) is 4.11. The molecule has 0 fully saturated rings. The minimum atomic E-state index is 0.000833. The third-order valence-corrected chi connectivity index (χ3v) is 4.94. The summed E-state index contributed by atoms with van der Waals surface area (Å²) in [7, 11) is 0. The molecule has 0 unspecified atom stereocenters. The lowest BCUT2D eigenvalue weighted by atomic mass is 10.2. The maximum atomic E-state index is 12.4. The molecule has 0 atom stereocenters. The first-order valence-corrected chi connectivity index (χ1v) is 7.67. The molecule has 1 N–H and O–H groups in total. The first kappa shape index (κ1) is 11.8. The van der Waals surface area contributed by atoms with Crippen LogP contribution in [0.15, 0.2) is 27.7 Å². The van der Waals surface area contributed by atoms with Crippen LogP contribution in [0.25, 0.3) is 20.7 Å². The van der Waals surface area contributed by atoms with Gasteiger partial charge in [-0.3, -0.25) is 9.36 Å². The zero-order chi connectivity index (χ0) is 12.7. The van der Waals surface area contributed by atoms with Crippen LogP contribution in [-0.2, 0) is 6.54 Å². The van der Waals surface area contributed by atoms with Crippen molar-refractivity contribution in [1.82, 2.24) is 9.55 Å². The van der Waals surface area contributed by atoms with Crippen LogP contribution in [0.1, 0.15) is 6.92 Å². The van der Waals surface area contributed by atoms with Crippen LogP contribution < -0.4 is 5.56 Å². The fourth-order valence-electron chi connectivity index (χ4n) is 1.95. The molecule has 0 aliphatic carbocycles. The van der Waals surface area contributed by atoms with Crippen molar-refractivity contribution in [1.29, 1.82) is 0 Å². The van der Waals surface area contributed by atoms with Crippen molar-refractivity contribution in [2.45, 2.75) is 13.5 Å². The predicted molar refractivity (Wildman–Crippen MR) is 80.3 cm³/mol. The number of nitrogens with one attached hydrogen (secondary N) is 1. The van der Waals surface area contributed by atoms with E-state index in [1.165, 1.54) is 11.3 Å². The molecular weight excluding hydrogens is 284 g/mol. The molecule has 18 heavy (non-hydrogen) atoms. The van der Waals surface area contributed by atoms with Gasteiger partial charge in [0.15, 0.2) is 4.77 Å². The highest BCUT2D eigenvalue weighted by atomic mass is 32.1. The summed E-state index contributed by atoms with van der Waals surface area (Å²) in [5.74, 6) is 0. The van der Waals surface area contributed by atoms with E-state index in [9.17, 15) is 4.79 Å². The molecule has 0 aliphatic heterocycles. The SMILES string of the molecule is CCn1c(=S)[nH]c2scc(-c3cccs3)c2c1=O. The van der Waals surface area contributed by atoms with E-state index in [4.69, 9.17) is 12.2 Å². The van der Waals surface area contributed by atoms with Gasteiger partial charge < -0.3 is 4.98 Å². The van der Waals surface area contributed by atoms with E-state index < -0.39 is 0 Å². The molecule has 6 heteroatoms. The van der Waals surface area contributed by atoms with E-state index in [1.807, 2.05) is 29.8 Å². The molecule has 0 radical (unpaired) electrons. The van der Waals surface area contributed by atoms with Gasteiger partial charge >= 0.3 is 0 Å². The number of fused-ring (bicyclic) bond motifs is 1. The van der Waals surface area contributed by atoms with E-state index >= 15 is 0 Å². The number of H-pyrrole nitrogens is 1. The van der Waals surface area contributed by atoms with Gasteiger partial charge in [-0.25, -0.2) is 0 Å². The van der Waals surface area contributed by atoms with Crippen molar-refractivity contribution in [2.24, 2.45) is 0 Å². The molecule has 0 aromatic carbocycles. The van der Waals surface area contributed by atoms with E-state index in [2.05, 4.69) is 4.98 Å². The maximum absolute atomic E-state index is 12.4. The highest BCUT2D eigenvalue weighted by molar-refractivity contribution is 7.71. The molecule has 0 amide bonds. The lowest BCUT2D eigenvalue weighted by Crippen LogP contribution is -2.20. The second kappa shape index (κ2) is 4.46. The van der Waals surface area contributed by atoms with Crippen molar-refractivity contribution in [3.63, 3.8) is 0 Å². The monoisotopic (exact) mass is 294 g/mol. The Morgan fingerprint density at radius 3 is 2.94 bits per heavy atom. The first-order valence-electron chi connectivity index (χ1n) is 5.50. The van der Waals surface area contributed by atoms with Gasteiger partial charge in [0.1, 0.15) is 4.83 Å². The van der Waals surface area contributed by atoms with E-state index in [-0.39, 0.29) is 5.56 Å². The molecule has 0 spiro atoms. The standard InChI is InChI=1S/C12H10N2OS3/c1-2-14-11(15)9-7(8-4-3-5-17-8)6-18-10(9)13-12(14)16/h3-6H,2H2,1H3,(H,13,16). The van der Waals surface area contributed by atoms with Gasteiger partial charge in [-0.1, -0.05) is 6.07 Å². The van der Waals surface area contributed by atoms with Crippen LogP contribution in [0.4, 0.5) is 0 Å². The number of hydrogen-bond donors (Lipinski definition) is 1. The highest BCUT2D eigenvalue weighted by Crippen LogP contribution is 2.33. The zero-order valence-electron chi connectivity index (χ0n) is 9.60. The summed E-state index contributed by atoms with van der Waals surface area (Å²) in [6.45, 7) is 2.51. The smallest absolute Gasteiger partial charge is 0.263 e. The Morgan fingerprint density at radius 1 is 1.44 bits per heavy atom. The van der Waals surface area contributed by atoms with Crippen molar-refractivity contribution in [2.75, 3.05) is 0 Å². The summed E-state index contributed by atoms with van der Waals surface area (Å²) in [5, 5.41) is 4.78. The van der Waals surface area contributed by atoms with Gasteiger partial charge in [0.05, 0.1) is 5.39 Å². The van der Waals surface area contributed by atoms with E-state index in [1.54, 1.807) is 15.9 Å². The largest absolute Gasteiger partial charge is 0.323 e. The van der Waals surface area contributed by atoms with Crippen LogP contribution in [0.5, 0.6) is 0 Å². The van der Waals surface area contributed by atoms with Gasteiger partial charge in [-0.05, 0) is 30.6 Å². The lowest BCUT2D eigenvalue weighted by Gasteiger charge is -2.03. The first-order chi connectivity index (χ1) is 8.72. The Labute approximate surface area is 116 Å². The summed E-state index contributed by atoms with van der Waals surface area (Å²) in [4.78, 5) is 17.6. The van der Waals surface area contributed by atoms with E-state index in [0.29, 0.717) is 11.3 Å².